The van der Waals surface area contributed by atoms with Crippen LogP contribution in [0.25, 0.3) is 0 Å². The van der Waals surface area contributed by atoms with Crippen LogP contribution in [-0.4, -0.2) is 176 Å². The Labute approximate surface area is 251 Å². The zero-order valence-corrected chi connectivity index (χ0v) is 26.3. The van der Waals surface area contributed by atoms with Crippen molar-refractivity contribution in [1.82, 2.24) is 0 Å². The number of nitrogens with zero attached hydrogens (tertiary/aromatic N) is 3. The van der Waals surface area contributed by atoms with Crippen LogP contribution in [0, 0.1) is 17.8 Å². The maximum atomic E-state index is 13.6. The fourth-order valence-corrected chi connectivity index (χ4v) is 4.77. The number of quaternary nitrogens is 3. The molecule has 43 heavy (non-hydrogen) atoms. The molecule has 0 aromatic rings. The molecule has 248 valence electrons. The van der Waals surface area contributed by atoms with Crippen LogP contribution in [0.2, 0.25) is 0 Å². The van der Waals surface area contributed by atoms with E-state index in [9.17, 15) is 64.5 Å². The highest BCUT2D eigenvalue weighted by molar-refractivity contribution is 6.09. The van der Waals surface area contributed by atoms with Crippen molar-refractivity contribution < 1.29 is 78.0 Å². The molecule has 0 saturated carbocycles. The van der Waals surface area contributed by atoms with Crippen LogP contribution in [0.4, 0.5) is 0 Å². The van der Waals surface area contributed by atoms with Gasteiger partial charge in [-0.15, -0.1) is 0 Å². The number of aliphatic carboxylic acids is 3. The van der Waals surface area contributed by atoms with E-state index in [0.29, 0.717) is 0 Å². The fraction of sp³-hybridized carbons (Fsp3) is 0.778. The van der Waals surface area contributed by atoms with Gasteiger partial charge in [-0.1, -0.05) is 0 Å². The number of hydrogen-bond acceptors (Lipinski definition) is 13. The second-order valence-electron chi connectivity index (χ2n) is 14.2. The minimum atomic E-state index is -3.42. The van der Waals surface area contributed by atoms with Gasteiger partial charge >= 0.3 is 0 Å². The van der Waals surface area contributed by atoms with Gasteiger partial charge in [0.15, 0.2) is 5.78 Å². The highest BCUT2D eigenvalue weighted by atomic mass is 16.4. The average molecular weight is 622 g/mol. The van der Waals surface area contributed by atoms with E-state index < -0.39 is 96.3 Å². The van der Waals surface area contributed by atoms with E-state index >= 15 is 0 Å². The molecule has 6 atom stereocenters. The molecule has 0 spiro atoms. The molecule has 0 amide bonds. The third-order valence-electron chi connectivity index (χ3n) is 6.49. The molecule has 0 aliphatic rings. The van der Waals surface area contributed by atoms with Gasteiger partial charge in [0.1, 0.15) is 55.1 Å². The van der Waals surface area contributed by atoms with Crippen molar-refractivity contribution in [3.63, 3.8) is 0 Å². The van der Waals surface area contributed by atoms with E-state index in [2.05, 4.69) is 0 Å². The monoisotopic (exact) mass is 621 g/mol. The van der Waals surface area contributed by atoms with Crippen molar-refractivity contribution in [2.45, 2.75) is 36.8 Å². The number of Topliss-reactive ketones (excluding diaryl/α,β-unsaturated/α-hetero) is 3. The standard InChI is InChI=1S/C27H47N3O13/c1-28(2,3)12-17(33)20(24(37)38)15(31)10-27(43,23(36)22(26(41)42)19(35)14-30(7,8)9)11-16(32)21(25(39)40)18(34)13-29(4,5)6/h17-22,33-35,43H,10-14H2,1-9H3. The minimum Gasteiger partial charge on any atom is -0.549 e. The Balaban J connectivity index is 6.93. The number of aliphatic hydroxyl groups is 4. The first-order valence-corrected chi connectivity index (χ1v) is 13.4. The lowest BCUT2D eigenvalue weighted by atomic mass is 9.75. The molecule has 16 nitrogen and oxygen atoms in total. The molecule has 0 bridgehead atoms. The number of likely N-dealkylation sites (N-methyl/N-ethyl adjacent to an activating group) is 3. The van der Waals surface area contributed by atoms with Gasteiger partial charge in [-0.3, -0.25) is 14.4 Å². The van der Waals surface area contributed by atoms with Crippen LogP contribution in [-0.2, 0) is 28.8 Å². The molecule has 16 heteroatoms. The maximum Gasteiger partial charge on any atom is 0.176 e. The average Bonchev–Trinajstić information content (AvgIpc) is 2.68. The molecule has 0 aromatic heterocycles. The number of carboxylic acids is 3. The van der Waals surface area contributed by atoms with Crippen LogP contribution in [0.1, 0.15) is 12.8 Å². The van der Waals surface area contributed by atoms with Gasteiger partial charge in [-0.05, 0) is 0 Å². The molecule has 0 aliphatic carbocycles. The predicted molar refractivity (Wildman–Crippen MR) is 141 cm³/mol. The maximum absolute atomic E-state index is 13.6. The number of carbonyl (C=O) groups excluding carboxylic acids is 6. The lowest BCUT2D eigenvalue weighted by Crippen LogP contribution is -2.59. The Bertz CT molecular complexity index is 1000. The van der Waals surface area contributed by atoms with E-state index in [-0.39, 0.29) is 26.5 Å². The van der Waals surface area contributed by atoms with Crippen molar-refractivity contribution in [3.05, 3.63) is 0 Å². The molecule has 4 N–H and O–H groups in total. The number of carboxylic acid groups (broad SMARTS) is 3. The summed E-state index contributed by atoms with van der Waals surface area (Å²) in [6.07, 6.45) is -9.06. The van der Waals surface area contributed by atoms with Crippen LogP contribution in [0.5, 0.6) is 0 Å². The summed E-state index contributed by atoms with van der Waals surface area (Å²) in [4.78, 5) is 75.8. The molecule has 0 saturated heterocycles. The minimum absolute atomic E-state index is 0.0403. The molecule has 0 radical (unpaired) electrons. The van der Waals surface area contributed by atoms with E-state index in [1.54, 1.807) is 42.3 Å². The van der Waals surface area contributed by atoms with Crippen molar-refractivity contribution in [2.24, 2.45) is 17.8 Å². The van der Waals surface area contributed by atoms with Gasteiger partial charge < -0.3 is 63.6 Å². The SMILES string of the molecule is C[N+](C)(C)CC(O)C(C(=O)[O-])C(=O)CC(O)(CC(=O)C(C(=O)[O-])C(O)C[N+](C)(C)C)C(=O)C(C(=O)[O-])C(O)C[N+](C)(C)C. The van der Waals surface area contributed by atoms with Crippen LogP contribution < -0.4 is 15.3 Å². The van der Waals surface area contributed by atoms with Crippen LogP contribution >= 0.6 is 0 Å². The quantitative estimate of drug-likeness (QED) is 0.0729. The van der Waals surface area contributed by atoms with E-state index in [0.717, 1.165) is 0 Å². The largest absolute Gasteiger partial charge is 0.549 e. The highest BCUT2D eigenvalue weighted by Gasteiger charge is 2.50. The second-order valence-corrected chi connectivity index (χ2v) is 14.2. The van der Waals surface area contributed by atoms with Gasteiger partial charge in [0.2, 0.25) is 0 Å². The van der Waals surface area contributed by atoms with Crippen LogP contribution in [0.15, 0.2) is 0 Å². The molecule has 0 rings (SSSR count). The number of aliphatic hydroxyl groups excluding tert-OH is 3. The molecule has 0 heterocycles. The smallest absolute Gasteiger partial charge is 0.176 e. The topological polar surface area (TPSA) is 253 Å². The number of hydrogen-bond donors (Lipinski definition) is 4. The number of ketones is 3. The Kier molecular flexibility index (Phi) is 13.8. The van der Waals surface area contributed by atoms with Gasteiger partial charge in [0.25, 0.3) is 0 Å². The van der Waals surface area contributed by atoms with Gasteiger partial charge in [0, 0.05) is 12.8 Å². The lowest BCUT2D eigenvalue weighted by Gasteiger charge is -2.37. The third kappa shape index (κ3) is 13.1. The summed E-state index contributed by atoms with van der Waals surface area (Å²) >= 11 is 0. The first-order chi connectivity index (χ1) is 19.0. The third-order valence-corrected chi connectivity index (χ3v) is 6.49. The Morgan fingerprint density at radius 2 is 0.767 bits per heavy atom. The first kappa shape index (κ1) is 40.1. The molecule has 0 aromatic carbocycles. The van der Waals surface area contributed by atoms with E-state index in [4.69, 9.17) is 0 Å². The summed E-state index contributed by atoms with van der Waals surface area (Å²) in [5.74, 6) is -18.6. The van der Waals surface area contributed by atoms with Crippen molar-refractivity contribution in [3.8, 4) is 0 Å². The van der Waals surface area contributed by atoms with Gasteiger partial charge in [0.05, 0.1) is 99.1 Å². The zero-order valence-electron chi connectivity index (χ0n) is 26.3. The van der Waals surface area contributed by atoms with Crippen molar-refractivity contribution in [1.29, 1.82) is 0 Å². The van der Waals surface area contributed by atoms with Crippen molar-refractivity contribution >= 4 is 35.3 Å². The lowest BCUT2D eigenvalue weighted by molar-refractivity contribution is -0.873. The van der Waals surface area contributed by atoms with Crippen LogP contribution in [0.3, 0.4) is 0 Å². The predicted octanol–water partition coefficient (Wildman–Crippen LogP) is -7.50. The van der Waals surface area contributed by atoms with E-state index in [1.807, 2.05) is 0 Å². The number of carbonyl (C=O) groups is 6. The summed E-state index contributed by atoms with van der Waals surface area (Å²) in [6, 6.07) is 0. The second kappa shape index (κ2) is 14.7. The molecular formula is C27H47N3O13. The first-order valence-electron chi connectivity index (χ1n) is 13.4. The fourth-order valence-electron chi connectivity index (χ4n) is 4.77. The Morgan fingerprint density at radius 1 is 0.535 bits per heavy atom. The molecule has 0 aliphatic heterocycles. The number of rotatable bonds is 20. The van der Waals surface area contributed by atoms with Gasteiger partial charge in [-0.2, -0.15) is 0 Å². The Morgan fingerprint density at radius 3 is 0.977 bits per heavy atom. The summed E-state index contributed by atoms with van der Waals surface area (Å²) in [6.45, 7) is -1.07. The van der Waals surface area contributed by atoms with E-state index in [1.165, 1.54) is 21.1 Å². The summed E-state index contributed by atoms with van der Waals surface area (Å²) in [7, 11) is 13.9. The summed E-state index contributed by atoms with van der Waals surface area (Å²) < 4.78 is -0.175. The highest BCUT2D eigenvalue weighted by Crippen LogP contribution is 2.29. The molecule has 6 unspecified atom stereocenters. The normalized spacial score (nSPS) is 18.3. The van der Waals surface area contributed by atoms with Crippen molar-refractivity contribution in [2.75, 3.05) is 83.1 Å². The Hall–Kier alpha value is -2.86. The van der Waals surface area contributed by atoms with Gasteiger partial charge in [-0.25, -0.2) is 0 Å². The summed E-state index contributed by atoms with van der Waals surface area (Å²) in [5, 5.41) is 78.9. The summed E-state index contributed by atoms with van der Waals surface area (Å²) in [5.41, 5.74) is -3.42. The zero-order chi connectivity index (χ0) is 34.5. The molecular weight excluding hydrogens is 574 g/mol. The molecule has 0 fully saturated rings.